The Morgan fingerprint density at radius 2 is 1.37 bits per heavy atom. The minimum absolute atomic E-state index is 0. The maximum absolute atomic E-state index is 14.7. The molecule has 24 heteroatoms. The highest BCUT2D eigenvalue weighted by Crippen LogP contribution is 2.27. The van der Waals surface area contributed by atoms with Gasteiger partial charge in [0.2, 0.25) is 29.7 Å². The van der Waals surface area contributed by atoms with Crippen molar-refractivity contribution in [2.24, 2.45) is 29.0 Å². The van der Waals surface area contributed by atoms with Crippen molar-refractivity contribution in [2.45, 2.75) is 90.4 Å². The third kappa shape index (κ3) is 16.3. The van der Waals surface area contributed by atoms with Crippen LogP contribution in [0.2, 0.25) is 0 Å². The van der Waals surface area contributed by atoms with Gasteiger partial charge in [-0.05, 0) is 61.6 Å². The number of rotatable bonds is 29. The topological polar surface area (TPSA) is 281 Å². The standard InChI is InChI=1S/C51H78N18O5.ClH/c1-6-25-72-27-29-74-30-28-73-26-16-55-49-57-50(66-21-17-64(18-22-66)47(70)44(14-10-11-15-52)68-34-42(60-62-68)40(53)31-36(3)4)59-51(58-49)67-23-19-65(20-24-67)48(71)45(33-39-32-38-12-8-9-13-41(38)56-39)69-35-43(61-63-69)46(54)37(5)7-2;/h1,8-9,12-13,32,34-37,40,44-46,56H,7,10-11,14-31,33,52-54H2,2-5H3,(H,55,57,58,59);1H/p-1/t37?,40-,44-,45-,46-;/m0./s1. The fraction of sp³-hybridized carbons (Fsp3) is 0.627. The van der Waals surface area contributed by atoms with E-state index in [0.29, 0.717) is 146 Å². The molecule has 0 spiro atoms. The number of terminal acetylenes is 1. The van der Waals surface area contributed by atoms with E-state index in [-0.39, 0.29) is 48.8 Å². The first-order valence-electron chi connectivity index (χ1n) is 26.3. The van der Waals surface area contributed by atoms with E-state index in [4.69, 9.17) is 52.8 Å². The van der Waals surface area contributed by atoms with Crippen LogP contribution >= 0.6 is 0 Å². The van der Waals surface area contributed by atoms with E-state index in [2.05, 4.69) is 86.5 Å². The van der Waals surface area contributed by atoms with Crippen LogP contribution in [0.1, 0.15) is 101 Å². The Hall–Kier alpha value is -6.00. The summed E-state index contributed by atoms with van der Waals surface area (Å²) in [5.74, 6) is 4.30. The number of aromatic amines is 1. The van der Waals surface area contributed by atoms with Gasteiger partial charge in [-0.3, -0.25) is 9.59 Å². The van der Waals surface area contributed by atoms with Gasteiger partial charge in [-0.15, -0.1) is 16.6 Å². The number of aromatic nitrogens is 10. The van der Waals surface area contributed by atoms with Crippen molar-refractivity contribution >= 4 is 40.6 Å². The van der Waals surface area contributed by atoms with Gasteiger partial charge in [-0.2, -0.15) is 15.0 Å². The second-order valence-corrected chi connectivity index (χ2v) is 19.6. The molecule has 2 aliphatic rings. The fourth-order valence-electron chi connectivity index (χ4n) is 9.18. The van der Waals surface area contributed by atoms with Crippen LogP contribution in [0, 0.1) is 24.2 Å². The number of H-pyrrole nitrogens is 1. The van der Waals surface area contributed by atoms with Crippen LogP contribution in [0.5, 0.6) is 0 Å². The Labute approximate surface area is 446 Å². The first-order chi connectivity index (χ1) is 36.0. The number of unbranched alkanes of at least 4 members (excludes halogenated alkanes) is 1. The SMILES string of the molecule is C#CCOCCOCCOCCNc1nc(N2CCN(C(=O)[C@H](Cc3cc4ccccc4[nH]3)n3cc([C@@H](N)C(C)CC)nn3)CC2)nc(N2CCN(C(=O)[C@H](CCCCN)n3cc([C@@H](N)CC(C)C)nn3)CC2)n1.[Cl-]. The van der Waals surface area contributed by atoms with Crippen LogP contribution in [-0.4, -0.2) is 177 Å². The van der Waals surface area contributed by atoms with E-state index < -0.39 is 12.1 Å². The van der Waals surface area contributed by atoms with Crippen molar-refractivity contribution in [1.82, 2.24) is 59.7 Å². The molecule has 0 bridgehead atoms. The van der Waals surface area contributed by atoms with Crippen molar-refractivity contribution in [3.63, 3.8) is 0 Å². The normalized spacial score (nSPS) is 16.1. The van der Waals surface area contributed by atoms with Crippen LogP contribution in [0.25, 0.3) is 10.9 Å². The molecule has 1 unspecified atom stereocenters. The highest BCUT2D eigenvalue weighted by Gasteiger charge is 2.34. The summed E-state index contributed by atoms with van der Waals surface area (Å²) >= 11 is 0. The molecule has 5 atom stereocenters. The van der Waals surface area contributed by atoms with Crippen LogP contribution in [0.3, 0.4) is 0 Å². The molecule has 0 radical (unpaired) electrons. The van der Waals surface area contributed by atoms with Crippen LogP contribution < -0.4 is 44.7 Å². The van der Waals surface area contributed by atoms with Crippen LogP contribution in [0.15, 0.2) is 42.7 Å². The molecule has 2 aliphatic heterocycles. The number of anilines is 3. The van der Waals surface area contributed by atoms with Gasteiger partial charge in [0.25, 0.3) is 0 Å². The molecule has 7 rings (SSSR count). The maximum atomic E-state index is 14.7. The molecule has 75 heavy (non-hydrogen) atoms. The van der Waals surface area contributed by atoms with E-state index in [1.54, 1.807) is 9.36 Å². The lowest BCUT2D eigenvalue weighted by Gasteiger charge is -2.38. The average Bonchev–Trinajstić information content (AvgIpc) is 4.21. The maximum Gasteiger partial charge on any atom is 0.248 e. The number of amides is 2. The molecule has 2 fully saturated rings. The average molecular weight is 1060 g/mol. The molecule has 23 nitrogen and oxygen atoms in total. The Morgan fingerprint density at radius 1 is 0.787 bits per heavy atom. The number of halogens is 1. The molecule has 0 aliphatic carbocycles. The van der Waals surface area contributed by atoms with E-state index in [1.165, 1.54) is 0 Å². The lowest BCUT2D eigenvalue weighted by atomic mass is 9.98. The minimum Gasteiger partial charge on any atom is -1.00 e. The third-order valence-electron chi connectivity index (χ3n) is 13.7. The summed E-state index contributed by atoms with van der Waals surface area (Å²) in [5, 5.41) is 22.1. The number of fused-ring (bicyclic) bond motifs is 1. The Kier molecular flexibility index (Phi) is 22.8. The van der Waals surface area contributed by atoms with Gasteiger partial charge in [-0.25, -0.2) is 9.36 Å². The molecule has 5 aromatic rings. The molecule has 4 aromatic heterocycles. The monoisotopic (exact) mass is 1060 g/mol. The molecule has 410 valence electrons. The summed E-state index contributed by atoms with van der Waals surface area (Å²) in [6, 6.07) is 8.40. The van der Waals surface area contributed by atoms with Crippen molar-refractivity contribution in [3.05, 3.63) is 59.8 Å². The van der Waals surface area contributed by atoms with Gasteiger partial charge in [0.05, 0.1) is 68.9 Å². The second kappa shape index (κ2) is 29.3. The fourth-order valence-corrected chi connectivity index (χ4v) is 9.18. The predicted octanol–water partition coefficient (Wildman–Crippen LogP) is -0.122. The Balaban J connectivity index is 0.00000914. The van der Waals surface area contributed by atoms with E-state index >= 15 is 0 Å². The van der Waals surface area contributed by atoms with Gasteiger partial charge in [0, 0.05) is 76.5 Å². The minimum atomic E-state index is -0.658. The molecular formula is C51H78ClN18O5-. The number of carbonyl (C=O) groups is 2. The zero-order valence-electron chi connectivity index (χ0n) is 44.1. The molecule has 8 N–H and O–H groups in total. The number of piperazine rings is 2. The summed E-state index contributed by atoms with van der Waals surface area (Å²) in [6.07, 6.45) is 13.1. The number of nitrogens with two attached hydrogens (primary N) is 3. The summed E-state index contributed by atoms with van der Waals surface area (Å²) in [4.78, 5) is 55.2. The number of ether oxygens (including phenoxy) is 3. The molecular weight excluding hydrogens is 980 g/mol. The highest BCUT2D eigenvalue weighted by molar-refractivity contribution is 5.83. The second-order valence-electron chi connectivity index (χ2n) is 19.6. The van der Waals surface area contributed by atoms with Gasteiger partial charge >= 0.3 is 0 Å². The largest absolute Gasteiger partial charge is 1.00 e. The first-order valence-corrected chi connectivity index (χ1v) is 26.3. The van der Waals surface area contributed by atoms with Crippen molar-refractivity contribution in [3.8, 4) is 12.3 Å². The van der Waals surface area contributed by atoms with Crippen molar-refractivity contribution in [2.75, 3.05) is 120 Å². The van der Waals surface area contributed by atoms with Gasteiger partial charge in [0.1, 0.15) is 18.7 Å². The zero-order valence-corrected chi connectivity index (χ0v) is 44.9. The number of nitrogens with one attached hydrogen (secondary N) is 2. The van der Waals surface area contributed by atoms with Gasteiger partial charge in [0.15, 0.2) is 0 Å². The number of nitrogens with zero attached hydrogens (tertiary/aromatic N) is 13. The summed E-state index contributed by atoms with van der Waals surface area (Å²) < 4.78 is 20.0. The predicted molar refractivity (Wildman–Crippen MR) is 283 cm³/mol. The van der Waals surface area contributed by atoms with E-state index in [1.807, 2.05) is 40.4 Å². The number of benzene rings is 1. The van der Waals surface area contributed by atoms with E-state index in [0.717, 1.165) is 42.3 Å². The van der Waals surface area contributed by atoms with Crippen molar-refractivity contribution < 1.29 is 36.2 Å². The molecule has 2 saturated heterocycles. The third-order valence-corrected chi connectivity index (χ3v) is 13.7. The molecule has 2 amide bonds. The number of hydrogen-bond donors (Lipinski definition) is 5. The van der Waals surface area contributed by atoms with Gasteiger partial charge in [-0.1, -0.05) is 68.7 Å². The molecule has 6 heterocycles. The smallest absolute Gasteiger partial charge is 0.248 e. The lowest BCUT2D eigenvalue weighted by Crippen LogP contribution is -3.00. The Bertz CT molecular complexity index is 2520. The molecule has 1 aromatic carbocycles. The Morgan fingerprint density at radius 3 is 1.99 bits per heavy atom. The van der Waals surface area contributed by atoms with Crippen LogP contribution in [0.4, 0.5) is 17.8 Å². The van der Waals surface area contributed by atoms with Gasteiger partial charge < -0.3 is 73.7 Å². The summed E-state index contributed by atoms with van der Waals surface area (Å²) in [5.41, 5.74) is 22.2. The quantitative estimate of drug-likeness (QED) is 0.0308. The first kappa shape index (κ1) is 58.3. The van der Waals surface area contributed by atoms with Crippen molar-refractivity contribution in [1.29, 1.82) is 0 Å². The van der Waals surface area contributed by atoms with Crippen LogP contribution in [-0.2, 0) is 30.2 Å². The summed E-state index contributed by atoms with van der Waals surface area (Å²) in [7, 11) is 0. The number of hydrogen-bond acceptors (Lipinski definition) is 18. The number of para-hydroxylation sites is 1. The molecule has 0 saturated carbocycles. The van der Waals surface area contributed by atoms with E-state index in [9.17, 15) is 9.59 Å². The zero-order chi connectivity index (χ0) is 52.4. The highest BCUT2D eigenvalue weighted by atomic mass is 35.5. The lowest BCUT2D eigenvalue weighted by molar-refractivity contribution is -0.136. The number of carbonyl (C=O) groups excluding carboxylic acids is 2. The summed E-state index contributed by atoms with van der Waals surface area (Å²) in [6.45, 7) is 15.4.